The van der Waals surface area contributed by atoms with Gasteiger partial charge in [0.25, 0.3) is 0 Å². The molecule has 0 aliphatic carbocycles. The van der Waals surface area contributed by atoms with E-state index in [4.69, 9.17) is 0 Å². The van der Waals surface area contributed by atoms with Crippen molar-refractivity contribution in [3.63, 3.8) is 0 Å². The number of carbonyl (C=O) groups is 1. The van der Waals surface area contributed by atoms with Crippen molar-refractivity contribution < 1.29 is 4.79 Å². The van der Waals surface area contributed by atoms with Crippen LogP contribution in [0.5, 0.6) is 0 Å². The first kappa shape index (κ1) is 14.5. The van der Waals surface area contributed by atoms with Gasteiger partial charge in [0.2, 0.25) is 5.91 Å². The van der Waals surface area contributed by atoms with Gasteiger partial charge in [-0.2, -0.15) is 0 Å². The first-order chi connectivity index (χ1) is 10.2. The van der Waals surface area contributed by atoms with Gasteiger partial charge in [-0.3, -0.25) is 4.79 Å². The van der Waals surface area contributed by atoms with E-state index in [1.54, 1.807) is 6.33 Å². The fraction of sp³-hybridized carbons (Fsp3) is 0.800. The summed E-state index contributed by atoms with van der Waals surface area (Å²) in [7, 11) is 0. The molecule has 0 radical (unpaired) electrons. The molecular weight excluding hydrogens is 266 g/mol. The van der Waals surface area contributed by atoms with Gasteiger partial charge >= 0.3 is 0 Å². The Balaban J connectivity index is 1.51. The van der Waals surface area contributed by atoms with Crippen LogP contribution in [-0.4, -0.2) is 63.2 Å². The van der Waals surface area contributed by atoms with E-state index in [9.17, 15) is 4.79 Å². The zero-order valence-corrected chi connectivity index (χ0v) is 12.9. The highest BCUT2D eigenvalue weighted by Gasteiger charge is 2.30. The quantitative estimate of drug-likeness (QED) is 0.828. The number of amides is 1. The van der Waals surface area contributed by atoms with Gasteiger partial charge in [0, 0.05) is 32.7 Å². The number of carbonyl (C=O) groups excluding carboxylic acids is 1. The monoisotopic (exact) mass is 291 g/mol. The molecule has 0 N–H and O–H groups in total. The van der Waals surface area contributed by atoms with Crippen molar-refractivity contribution in [3.8, 4) is 0 Å². The largest absolute Gasteiger partial charge is 0.342 e. The highest BCUT2D eigenvalue weighted by Crippen LogP contribution is 2.21. The van der Waals surface area contributed by atoms with Gasteiger partial charge in [0.15, 0.2) is 0 Å². The SMILES string of the molecule is Cc1nncn1CCN1CCCC(C(=O)N2CCCC2)C1. The third-order valence-corrected chi connectivity index (χ3v) is 4.74. The second-order valence-electron chi connectivity index (χ2n) is 6.24. The fourth-order valence-corrected chi connectivity index (χ4v) is 3.44. The first-order valence-corrected chi connectivity index (χ1v) is 8.09. The Labute approximate surface area is 126 Å². The Kier molecular flexibility index (Phi) is 4.53. The molecule has 1 unspecified atom stereocenters. The number of hydrogen-bond acceptors (Lipinski definition) is 4. The molecule has 0 aromatic carbocycles. The van der Waals surface area contributed by atoms with Gasteiger partial charge in [-0.05, 0) is 39.2 Å². The van der Waals surface area contributed by atoms with E-state index in [1.165, 1.54) is 12.8 Å². The first-order valence-electron chi connectivity index (χ1n) is 8.09. The van der Waals surface area contributed by atoms with Crippen molar-refractivity contribution in [1.82, 2.24) is 24.6 Å². The van der Waals surface area contributed by atoms with Crippen LogP contribution in [0.1, 0.15) is 31.5 Å². The zero-order chi connectivity index (χ0) is 14.7. The predicted octanol–water partition coefficient (Wildman–Crippen LogP) is 0.921. The van der Waals surface area contributed by atoms with Crippen molar-refractivity contribution in [1.29, 1.82) is 0 Å². The van der Waals surface area contributed by atoms with Crippen LogP contribution in [0.4, 0.5) is 0 Å². The van der Waals surface area contributed by atoms with Gasteiger partial charge in [-0.25, -0.2) is 0 Å². The molecule has 116 valence electrons. The van der Waals surface area contributed by atoms with E-state index in [0.29, 0.717) is 5.91 Å². The molecule has 6 heteroatoms. The summed E-state index contributed by atoms with van der Waals surface area (Å²) in [5, 5.41) is 7.92. The van der Waals surface area contributed by atoms with Crippen LogP contribution in [0, 0.1) is 12.8 Å². The number of hydrogen-bond donors (Lipinski definition) is 0. The number of piperidine rings is 1. The lowest BCUT2D eigenvalue weighted by molar-refractivity contribution is -0.136. The molecular formula is C15H25N5O. The summed E-state index contributed by atoms with van der Waals surface area (Å²) in [5.74, 6) is 1.55. The van der Waals surface area contributed by atoms with E-state index >= 15 is 0 Å². The average Bonchev–Trinajstić information content (AvgIpc) is 3.16. The highest BCUT2D eigenvalue weighted by atomic mass is 16.2. The number of aromatic nitrogens is 3. The summed E-state index contributed by atoms with van der Waals surface area (Å²) in [6.07, 6.45) is 6.32. The minimum atomic E-state index is 0.207. The molecule has 0 bridgehead atoms. The lowest BCUT2D eigenvalue weighted by Crippen LogP contribution is -2.44. The van der Waals surface area contributed by atoms with E-state index in [2.05, 4.69) is 24.6 Å². The second kappa shape index (κ2) is 6.56. The van der Waals surface area contributed by atoms with Gasteiger partial charge in [-0.15, -0.1) is 10.2 Å². The summed E-state index contributed by atoms with van der Waals surface area (Å²) in [4.78, 5) is 17.0. The Bertz CT molecular complexity index is 480. The van der Waals surface area contributed by atoms with E-state index in [1.807, 2.05) is 6.92 Å². The predicted molar refractivity (Wildman–Crippen MR) is 79.7 cm³/mol. The Morgan fingerprint density at radius 2 is 2.05 bits per heavy atom. The van der Waals surface area contributed by atoms with Gasteiger partial charge in [0.1, 0.15) is 12.2 Å². The molecule has 3 rings (SSSR count). The maximum absolute atomic E-state index is 12.5. The van der Waals surface area contributed by atoms with Crippen LogP contribution < -0.4 is 0 Å². The molecule has 2 fully saturated rings. The van der Waals surface area contributed by atoms with Crippen molar-refractivity contribution in [2.24, 2.45) is 5.92 Å². The summed E-state index contributed by atoms with van der Waals surface area (Å²) < 4.78 is 2.08. The lowest BCUT2D eigenvalue weighted by Gasteiger charge is -2.33. The molecule has 2 aliphatic rings. The van der Waals surface area contributed by atoms with Crippen LogP contribution in [0.15, 0.2) is 6.33 Å². The number of likely N-dealkylation sites (tertiary alicyclic amines) is 2. The molecule has 0 spiro atoms. The molecule has 21 heavy (non-hydrogen) atoms. The Morgan fingerprint density at radius 1 is 1.24 bits per heavy atom. The van der Waals surface area contributed by atoms with Gasteiger partial charge in [-0.1, -0.05) is 0 Å². The molecule has 3 heterocycles. The minimum absolute atomic E-state index is 0.207. The molecule has 2 saturated heterocycles. The summed E-state index contributed by atoms with van der Waals surface area (Å²) in [6.45, 7) is 7.81. The third-order valence-electron chi connectivity index (χ3n) is 4.74. The zero-order valence-electron chi connectivity index (χ0n) is 12.9. The van der Waals surface area contributed by atoms with Crippen molar-refractivity contribution >= 4 is 5.91 Å². The average molecular weight is 291 g/mol. The number of aryl methyl sites for hydroxylation is 1. The number of rotatable bonds is 4. The van der Waals surface area contributed by atoms with Crippen molar-refractivity contribution in [2.75, 3.05) is 32.7 Å². The fourth-order valence-electron chi connectivity index (χ4n) is 3.44. The molecule has 0 saturated carbocycles. The second-order valence-corrected chi connectivity index (χ2v) is 6.24. The maximum Gasteiger partial charge on any atom is 0.226 e. The molecule has 1 atom stereocenters. The van der Waals surface area contributed by atoms with Gasteiger partial charge < -0.3 is 14.4 Å². The Hall–Kier alpha value is -1.43. The molecule has 1 aromatic heterocycles. The maximum atomic E-state index is 12.5. The minimum Gasteiger partial charge on any atom is -0.342 e. The number of nitrogens with zero attached hydrogens (tertiary/aromatic N) is 5. The van der Waals surface area contributed by atoms with Crippen LogP contribution >= 0.6 is 0 Å². The molecule has 6 nitrogen and oxygen atoms in total. The molecule has 2 aliphatic heterocycles. The standard InChI is InChI=1S/C15H25N5O/c1-13-17-16-12-20(13)10-9-18-6-4-5-14(11-18)15(21)19-7-2-3-8-19/h12,14H,2-11H2,1H3. The van der Waals surface area contributed by atoms with E-state index in [0.717, 1.165) is 57.9 Å². The molecule has 1 amide bonds. The molecule has 1 aromatic rings. The topological polar surface area (TPSA) is 54.3 Å². The normalized spacial score (nSPS) is 23.7. The van der Waals surface area contributed by atoms with Crippen molar-refractivity contribution in [2.45, 2.75) is 39.2 Å². The lowest BCUT2D eigenvalue weighted by atomic mass is 9.96. The van der Waals surface area contributed by atoms with E-state index < -0.39 is 0 Å². The van der Waals surface area contributed by atoms with Crippen LogP contribution in [-0.2, 0) is 11.3 Å². The third kappa shape index (κ3) is 3.43. The Morgan fingerprint density at radius 3 is 2.76 bits per heavy atom. The van der Waals surface area contributed by atoms with Crippen LogP contribution in [0.25, 0.3) is 0 Å². The highest BCUT2D eigenvalue weighted by molar-refractivity contribution is 5.79. The summed E-state index contributed by atoms with van der Waals surface area (Å²) >= 11 is 0. The van der Waals surface area contributed by atoms with Crippen LogP contribution in [0.3, 0.4) is 0 Å². The van der Waals surface area contributed by atoms with Gasteiger partial charge in [0.05, 0.1) is 5.92 Å². The summed E-state index contributed by atoms with van der Waals surface area (Å²) in [5.41, 5.74) is 0. The smallest absolute Gasteiger partial charge is 0.226 e. The van der Waals surface area contributed by atoms with Crippen LogP contribution in [0.2, 0.25) is 0 Å². The van der Waals surface area contributed by atoms with E-state index in [-0.39, 0.29) is 5.92 Å². The summed E-state index contributed by atoms with van der Waals surface area (Å²) in [6, 6.07) is 0. The van der Waals surface area contributed by atoms with Crippen molar-refractivity contribution in [3.05, 3.63) is 12.2 Å².